The summed E-state index contributed by atoms with van der Waals surface area (Å²) in [7, 11) is 0. The zero-order valence-corrected chi connectivity index (χ0v) is 8.26. The van der Waals surface area contributed by atoms with Crippen LogP contribution in [0.15, 0.2) is 18.2 Å². The Hall–Kier alpha value is -0.890. The van der Waals surface area contributed by atoms with Crippen LogP contribution in [0.25, 0.3) is 0 Å². The summed E-state index contributed by atoms with van der Waals surface area (Å²) in [6.45, 7) is 5.61. The summed E-state index contributed by atoms with van der Waals surface area (Å²) < 4.78 is 13.6. The van der Waals surface area contributed by atoms with Crippen LogP contribution < -0.4 is 0 Å². The maximum absolute atomic E-state index is 13.6. The molecular formula is C11H15FO. The Balaban J connectivity index is 3.24. The molecule has 0 amide bonds. The van der Waals surface area contributed by atoms with E-state index >= 15 is 0 Å². The van der Waals surface area contributed by atoms with Crippen LogP contribution >= 0.6 is 0 Å². The highest BCUT2D eigenvalue weighted by Gasteiger charge is 2.19. The number of aliphatic hydroxyl groups excluding tert-OH is 1. The minimum Gasteiger partial charge on any atom is -0.392 e. The topological polar surface area (TPSA) is 20.2 Å². The molecule has 0 aromatic heterocycles. The predicted molar refractivity (Wildman–Crippen MR) is 51.0 cm³/mol. The van der Waals surface area contributed by atoms with Crippen molar-refractivity contribution in [2.45, 2.75) is 32.8 Å². The molecule has 0 aliphatic heterocycles. The monoisotopic (exact) mass is 182 g/mol. The van der Waals surface area contributed by atoms with E-state index in [1.165, 1.54) is 0 Å². The highest BCUT2D eigenvalue weighted by molar-refractivity contribution is 5.30. The lowest BCUT2D eigenvalue weighted by molar-refractivity contribution is 0.274. The molecule has 0 aliphatic carbocycles. The van der Waals surface area contributed by atoms with Gasteiger partial charge in [-0.25, -0.2) is 4.39 Å². The molecule has 1 aromatic carbocycles. The van der Waals surface area contributed by atoms with Gasteiger partial charge >= 0.3 is 0 Å². The lowest BCUT2D eigenvalue weighted by Gasteiger charge is -2.20. The lowest BCUT2D eigenvalue weighted by Crippen LogP contribution is -2.14. The van der Waals surface area contributed by atoms with E-state index in [4.69, 9.17) is 5.11 Å². The van der Waals surface area contributed by atoms with Crippen molar-refractivity contribution in [2.75, 3.05) is 0 Å². The standard InChI is InChI=1S/C11H15FO/c1-11(2,3)9-6-4-5-8(7-13)10(9)12/h4-6,13H,7H2,1-3H3. The molecular weight excluding hydrogens is 167 g/mol. The number of aliphatic hydroxyl groups is 1. The highest BCUT2D eigenvalue weighted by atomic mass is 19.1. The first-order valence-corrected chi connectivity index (χ1v) is 4.35. The Morgan fingerprint density at radius 2 is 1.92 bits per heavy atom. The van der Waals surface area contributed by atoms with E-state index in [-0.39, 0.29) is 17.8 Å². The van der Waals surface area contributed by atoms with Crippen molar-refractivity contribution >= 4 is 0 Å². The van der Waals surface area contributed by atoms with E-state index in [1.54, 1.807) is 18.2 Å². The van der Waals surface area contributed by atoms with Crippen LogP contribution in [0.5, 0.6) is 0 Å². The average molecular weight is 182 g/mol. The Labute approximate surface area is 78.2 Å². The molecule has 2 heteroatoms. The SMILES string of the molecule is CC(C)(C)c1cccc(CO)c1F. The molecule has 0 aliphatic rings. The second kappa shape index (κ2) is 3.46. The van der Waals surface area contributed by atoms with E-state index < -0.39 is 0 Å². The maximum atomic E-state index is 13.6. The van der Waals surface area contributed by atoms with Crippen LogP contribution in [0.3, 0.4) is 0 Å². The van der Waals surface area contributed by atoms with Gasteiger partial charge in [0.05, 0.1) is 6.61 Å². The first-order valence-electron chi connectivity index (χ1n) is 4.35. The first kappa shape index (κ1) is 10.2. The number of halogens is 1. The van der Waals surface area contributed by atoms with Crippen molar-refractivity contribution in [1.29, 1.82) is 0 Å². The number of hydrogen-bond acceptors (Lipinski definition) is 1. The third-order valence-corrected chi connectivity index (χ3v) is 2.06. The van der Waals surface area contributed by atoms with E-state index in [0.717, 1.165) is 0 Å². The Morgan fingerprint density at radius 1 is 1.31 bits per heavy atom. The smallest absolute Gasteiger partial charge is 0.132 e. The molecule has 0 saturated heterocycles. The van der Waals surface area contributed by atoms with Crippen LogP contribution in [-0.4, -0.2) is 5.11 Å². The molecule has 72 valence electrons. The summed E-state index contributed by atoms with van der Waals surface area (Å²) in [4.78, 5) is 0. The summed E-state index contributed by atoms with van der Waals surface area (Å²) in [5.41, 5.74) is 0.807. The maximum Gasteiger partial charge on any atom is 0.132 e. The Morgan fingerprint density at radius 3 is 2.38 bits per heavy atom. The van der Waals surface area contributed by atoms with Gasteiger partial charge in [0.2, 0.25) is 0 Å². The number of hydrogen-bond donors (Lipinski definition) is 1. The van der Waals surface area contributed by atoms with E-state index in [9.17, 15) is 4.39 Å². The summed E-state index contributed by atoms with van der Waals surface area (Å²) >= 11 is 0. The third-order valence-electron chi connectivity index (χ3n) is 2.06. The van der Waals surface area contributed by atoms with Gasteiger partial charge in [-0.1, -0.05) is 39.0 Å². The molecule has 0 radical (unpaired) electrons. The van der Waals surface area contributed by atoms with Gasteiger partial charge in [0.25, 0.3) is 0 Å². The molecule has 0 fully saturated rings. The van der Waals surface area contributed by atoms with Gasteiger partial charge < -0.3 is 5.11 Å². The molecule has 1 rings (SSSR count). The van der Waals surface area contributed by atoms with Crippen LogP contribution in [-0.2, 0) is 12.0 Å². The second-order valence-corrected chi connectivity index (χ2v) is 4.19. The zero-order chi connectivity index (χ0) is 10.1. The van der Waals surface area contributed by atoms with Crippen molar-refractivity contribution in [2.24, 2.45) is 0 Å². The van der Waals surface area contributed by atoms with Gasteiger partial charge in [0.15, 0.2) is 0 Å². The minimum absolute atomic E-state index is 0.213. The van der Waals surface area contributed by atoms with E-state index in [1.807, 2.05) is 20.8 Å². The molecule has 1 N–H and O–H groups in total. The number of rotatable bonds is 1. The Kier molecular flexibility index (Phi) is 2.71. The average Bonchev–Trinajstić information content (AvgIpc) is 2.02. The van der Waals surface area contributed by atoms with Gasteiger partial charge in [-0.2, -0.15) is 0 Å². The summed E-state index contributed by atoms with van der Waals surface area (Å²) in [5.74, 6) is -0.280. The quantitative estimate of drug-likeness (QED) is 0.707. The minimum atomic E-state index is -0.280. The molecule has 0 atom stereocenters. The predicted octanol–water partition coefficient (Wildman–Crippen LogP) is 2.62. The largest absolute Gasteiger partial charge is 0.392 e. The number of benzene rings is 1. The van der Waals surface area contributed by atoms with Crippen LogP contribution in [0, 0.1) is 5.82 Å². The lowest BCUT2D eigenvalue weighted by atomic mass is 9.86. The van der Waals surface area contributed by atoms with Crippen LogP contribution in [0.2, 0.25) is 0 Å². The van der Waals surface area contributed by atoms with Crippen molar-refractivity contribution in [3.05, 3.63) is 35.1 Å². The normalized spacial score (nSPS) is 11.8. The van der Waals surface area contributed by atoms with Crippen LogP contribution in [0.4, 0.5) is 4.39 Å². The second-order valence-electron chi connectivity index (χ2n) is 4.19. The van der Waals surface area contributed by atoms with E-state index in [2.05, 4.69) is 0 Å². The Bertz CT molecular complexity index is 299. The summed E-state index contributed by atoms with van der Waals surface area (Å²) in [5, 5.41) is 8.87. The highest BCUT2D eigenvalue weighted by Crippen LogP contribution is 2.26. The molecule has 0 bridgehead atoms. The molecule has 0 spiro atoms. The molecule has 0 heterocycles. The molecule has 13 heavy (non-hydrogen) atoms. The van der Waals surface area contributed by atoms with Crippen molar-refractivity contribution in [1.82, 2.24) is 0 Å². The van der Waals surface area contributed by atoms with Gasteiger partial charge in [-0.05, 0) is 11.0 Å². The van der Waals surface area contributed by atoms with Gasteiger partial charge in [-0.15, -0.1) is 0 Å². The van der Waals surface area contributed by atoms with Gasteiger partial charge in [0, 0.05) is 5.56 Å². The fraction of sp³-hybridized carbons (Fsp3) is 0.455. The third kappa shape index (κ3) is 2.07. The van der Waals surface area contributed by atoms with Crippen molar-refractivity contribution in [3.8, 4) is 0 Å². The molecule has 0 saturated carbocycles. The fourth-order valence-corrected chi connectivity index (χ4v) is 1.28. The van der Waals surface area contributed by atoms with E-state index in [0.29, 0.717) is 11.1 Å². The van der Waals surface area contributed by atoms with Crippen LogP contribution in [0.1, 0.15) is 31.9 Å². The molecule has 1 aromatic rings. The fourth-order valence-electron chi connectivity index (χ4n) is 1.28. The van der Waals surface area contributed by atoms with Gasteiger partial charge in [-0.3, -0.25) is 0 Å². The van der Waals surface area contributed by atoms with Crippen molar-refractivity contribution < 1.29 is 9.50 Å². The zero-order valence-electron chi connectivity index (χ0n) is 8.26. The summed E-state index contributed by atoms with van der Waals surface area (Å²) in [6, 6.07) is 5.13. The first-order chi connectivity index (χ1) is 5.96. The molecule has 1 nitrogen and oxygen atoms in total. The summed E-state index contributed by atoms with van der Waals surface area (Å²) in [6.07, 6.45) is 0. The van der Waals surface area contributed by atoms with Crippen molar-refractivity contribution in [3.63, 3.8) is 0 Å². The molecule has 0 unspecified atom stereocenters. The van der Waals surface area contributed by atoms with Gasteiger partial charge in [0.1, 0.15) is 5.82 Å².